The number of aliphatic hydroxyl groups excluding tert-OH is 1. The van der Waals surface area contributed by atoms with Crippen LogP contribution in [0, 0.1) is 11.3 Å². The van der Waals surface area contributed by atoms with Gasteiger partial charge in [0, 0.05) is 54.3 Å². The molecule has 0 unspecified atom stereocenters. The van der Waals surface area contributed by atoms with Gasteiger partial charge in [0.1, 0.15) is 40.8 Å². The highest BCUT2D eigenvalue weighted by Gasteiger charge is 2.60. The van der Waals surface area contributed by atoms with Gasteiger partial charge in [0.25, 0.3) is 0 Å². The van der Waals surface area contributed by atoms with E-state index in [4.69, 9.17) is 30.0 Å². The fourth-order valence-electron chi connectivity index (χ4n) is 6.17. The Balaban J connectivity index is 0. The Labute approximate surface area is 299 Å². The number of primary amides is 1. The highest BCUT2D eigenvalue weighted by molar-refractivity contribution is 5.98. The Kier molecular flexibility index (Phi) is 12.2. The summed E-state index contributed by atoms with van der Waals surface area (Å²) in [6.45, 7) is 14.5. The zero-order valence-electron chi connectivity index (χ0n) is 30.3. The second-order valence-corrected chi connectivity index (χ2v) is 15.0. The lowest BCUT2D eigenvalue weighted by Gasteiger charge is -2.36. The number of methoxy groups -OCH3 is 1. The van der Waals surface area contributed by atoms with Gasteiger partial charge in [0.2, 0.25) is 17.7 Å². The van der Waals surface area contributed by atoms with Gasteiger partial charge < -0.3 is 46.1 Å². The molecule has 5 rings (SSSR count). The molecular weight excluding hydrogens is 646 g/mol. The van der Waals surface area contributed by atoms with Gasteiger partial charge in [0.15, 0.2) is 0 Å². The van der Waals surface area contributed by atoms with E-state index in [2.05, 4.69) is 17.2 Å². The Morgan fingerprint density at radius 3 is 2.32 bits per heavy atom. The maximum Gasteiger partial charge on any atom is 0.408 e. The number of nitrogens with one attached hydrogen (secondary N) is 2. The predicted octanol–water partition coefficient (Wildman–Crippen LogP) is 3.72. The second-order valence-electron chi connectivity index (χ2n) is 15.0. The molecule has 14 heteroatoms. The molecule has 1 aliphatic heterocycles. The first-order valence-corrected chi connectivity index (χ1v) is 16.6. The first-order chi connectivity index (χ1) is 23.0. The summed E-state index contributed by atoms with van der Waals surface area (Å²) in [6, 6.07) is 5.48. The van der Waals surface area contributed by atoms with E-state index in [9.17, 15) is 19.2 Å². The molecule has 2 aromatic rings. The van der Waals surface area contributed by atoms with E-state index < -0.39 is 58.6 Å². The molecule has 1 aromatic carbocycles. The average Bonchev–Trinajstić information content (AvgIpc) is 3.95. The summed E-state index contributed by atoms with van der Waals surface area (Å²) < 4.78 is 17.5. The van der Waals surface area contributed by atoms with Crippen LogP contribution in [0.15, 0.2) is 36.9 Å². The van der Waals surface area contributed by atoms with Gasteiger partial charge >= 0.3 is 6.09 Å². The fourth-order valence-corrected chi connectivity index (χ4v) is 6.17. The van der Waals surface area contributed by atoms with E-state index in [1.807, 2.05) is 45.0 Å². The molecule has 14 nitrogen and oxygen atoms in total. The van der Waals surface area contributed by atoms with E-state index in [0.29, 0.717) is 23.8 Å². The van der Waals surface area contributed by atoms with Gasteiger partial charge in [0.05, 0.1) is 19.2 Å². The van der Waals surface area contributed by atoms with E-state index in [1.54, 1.807) is 34.0 Å². The Morgan fingerprint density at radius 2 is 1.80 bits per heavy atom. The summed E-state index contributed by atoms with van der Waals surface area (Å²) in [7, 11) is 2.60. The molecule has 5 atom stereocenters. The molecule has 4 amide bonds. The first kappa shape index (κ1) is 40.0. The lowest BCUT2D eigenvalue weighted by Crippen LogP contribution is -2.59. The minimum Gasteiger partial charge on any atom is -0.497 e. The van der Waals surface area contributed by atoms with Crippen LogP contribution >= 0.6 is 0 Å². The van der Waals surface area contributed by atoms with Crippen molar-refractivity contribution in [3.63, 3.8) is 0 Å². The third-order valence-electron chi connectivity index (χ3n) is 9.00. The third kappa shape index (κ3) is 8.83. The van der Waals surface area contributed by atoms with Gasteiger partial charge in [-0.2, -0.15) is 0 Å². The lowest BCUT2D eigenvalue weighted by molar-refractivity contribution is -0.143. The molecule has 0 bridgehead atoms. The van der Waals surface area contributed by atoms with Gasteiger partial charge in [-0.15, -0.1) is 6.58 Å². The molecule has 0 spiro atoms. The van der Waals surface area contributed by atoms with Crippen LogP contribution in [-0.4, -0.2) is 94.4 Å². The molecule has 50 heavy (non-hydrogen) atoms. The maximum atomic E-state index is 14.4. The van der Waals surface area contributed by atoms with Crippen molar-refractivity contribution in [2.45, 2.75) is 102 Å². The molecule has 2 heterocycles. The molecule has 0 radical (unpaired) electrons. The standard InChI is InChI=1S/C35H47N5O7.CH4O.H2O.4H2/c1-9-20-17-35(20,31(36)43)39-29(41)26-15-22(18-40(26)30(42)28(33(2,3)4)38-32(44)47-34(5,6)7)46-27-16-24(19-10-11-19)37-25-14-21(45-8)12-13-23(25)27;1-2;;;;;/h9,12-14,16,19-20,22,26,28H,1,10-11,15,17-18H2,2-8H3,(H2,36,43)(H,38,44)(H,39,41);2H,1H3;1H2;4*1H/t20-,22-,26+,28-,35-;;;;;;/m1....../s1. The van der Waals surface area contributed by atoms with E-state index >= 15 is 0 Å². The largest absolute Gasteiger partial charge is 0.497 e. The summed E-state index contributed by atoms with van der Waals surface area (Å²) in [6.07, 6.45) is 2.83. The number of aromatic nitrogens is 1. The number of pyridine rings is 1. The number of amides is 4. The minimum absolute atomic E-state index is 0. The highest BCUT2D eigenvalue weighted by atomic mass is 16.6. The number of benzene rings is 1. The molecule has 3 fully saturated rings. The van der Waals surface area contributed by atoms with Crippen molar-refractivity contribution in [3.05, 3.63) is 42.6 Å². The fraction of sp³-hybridized carbons (Fsp3) is 0.583. The number of carbonyl (C=O) groups excluding carboxylic acids is 4. The normalized spacial score (nSPS) is 23.3. The van der Waals surface area contributed by atoms with Crippen LogP contribution in [-0.2, 0) is 19.1 Å². The van der Waals surface area contributed by atoms with Crippen LogP contribution in [0.3, 0.4) is 0 Å². The highest BCUT2D eigenvalue weighted by Crippen LogP contribution is 2.45. The Hall–Kier alpha value is -4.43. The van der Waals surface area contributed by atoms with E-state index in [-0.39, 0.29) is 30.1 Å². The maximum absolute atomic E-state index is 14.4. The van der Waals surface area contributed by atoms with Crippen molar-refractivity contribution < 1.29 is 49.7 Å². The molecule has 2 aliphatic carbocycles. The predicted molar refractivity (Wildman–Crippen MR) is 196 cm³/mol. The number of ether oxygens (including phenoxy) is 3. The quantitative estimate of drug-likeness (QED) is 0.265. The van der Waals surface area contributed by atoms with Crippen molar-refractivity contribution in [1.29, 1.82) is 0 Å². The molecule has 1 saturated heterocycles. The number of fused-ring (bicyclic) bond motifs is 1. The molecule has 2 saturated carbocycles. The van der Waals surface area contributed by atoms with Crippen LogP contribution < -0.4 is 25.8 Å². The Morgan fingerprint density at radius 1 is 1.14 bits per heavy atom. The molecular formula is C36H61N5O9. The van der Waals surface area contributed by atoms with Gasteiger partial charge in [-0.3, -0.25) is 19.4 Å². The Bertz CT molecular complexity index is 1620. The monoisotopic (exact) mass is 707 g/mol. The first-order valence-electron chi connectivity index (χ1n) is 16.6. The smallest absolute Gasteiger partial charge is 0.408 e. The summed E-state index contributed by atoms with van der Waals surface area (Å²) in [5.74, 6) is -0.350. The summed E-state index contributed by atoms with van der Waals surface area (Å²) in [5, 5.41) is 13.3. The topological polar surface area (TPSA) is 214 Å². The number of alkyl carbamates (subject to hydrolysis) is 1. The summed E-state index contributed by atoms with van der Waals surface area (Å²) >= 11 is 0. The average molecular weight is 708 g/mol. The van der Waals surface area contributed by atoms with Gasteiger partial charge in [-0.05, 0) is 57.6 Å². The van der Waals surface area contributed by atoms with Crippen molar-refractivity contribution in [2.24, 2.45) is 17.1 Å². The number of rotatable bonds is 10. The second kappa shape index (κ2) is 15.2. The zero-order chi connectivity index (χ0) is 36.5. The van der Waals surface area contributed by atoms with Crippen LogP contribution in [0.4, 0.5) is 4.79 Å². The number of hydrogen-bond donors (Lipinski definition) is 4. The summed E-state index contributed by atoms with van der Waals surface area (Å²) in [4.78, 5) is 59.9. The zero-order valence-corrected chi connectivity index (χ0v) is 30.3. The van der Waals surface area contributed by atoms with Crippen molar-refractivity contribution in [2.75, 3.05) is 20.8 Å². The lowest BCUT2D eigenvalue weighted by atomic mass is 9.85. The van der Waals surface area contributed by atoms with Crippen molar-refractivity contribution in [3.8, 4) is 11.5 Å². The van der Waals surface area contributed by atoms with E-state index in [1.165, 1.54) is 4.90 Å². The van der Waals surface area contributed by atoms with Crippen molar-refractivity contribution in [1.82, 2.24) is 20.5 Å². The van der Waals surface area contributed by atoms with Gasteiger partial charge in [-0.25, -0.2) is 4.79 Å². The van der Waals surface area contributed by atoms with Crippen LogP contribution in [0.25, 0.3) is 10.9 Å². The SMILES string of the molecule is C=C[C@@H]1C[C@]1(NC(=O)[C@@H]1C[C@@H](Oc2cc(C3CC3)nc3cc(OC)ccc23)CN1C(=O)[C@@H](NC(=O)OC(C)(C)C)C(C)(C)C)C(N)=O.CO.O.[HH].[HH].[HH].[HH]. The van der Waals surface area contributed by atoms with Crippen LogP contribution in [0.5, 0.6) is 11.5 Å². The number of likely N-dealkylation sites (tertiary alicyclic amines) is 1. The summed E-state index contributed by atoms with van der Waals surface area (Å²) in [5.41, 5.74) is 4.58. The van der Waals surface area contributed by atoms with Gasteiger partial charge in [-0.1, -0.05) is 26.8 Å². The van der Waals surface area contributed by atoms with E-state index in [0.717, 1.165) is 36.5 Å². The number of aliphatic hydroxyl groups is 1. The van der Waals surface area contributed by atoms with Crippen molar-refractivity contribution >= 4 is 34.7 Å². The third-order valence-corrected chi connectivity index (χ3v) is 9.00. The molecule has 1 aromatic heterocycles. The minimum atomic E-state index is -1.26. The molecule has 3 aliphatic rings. The van der Waals surface area contributed by atoms with Crippen LogP contribution in [0.2, 0.25) is 0 Å². The van der Waals surface area contributed by atoms with Crippen LogP contribution in [0.1, 0.15) is 84.5 Å². The molecule has 7 N–H and O–H groups in total. The number of nitrogens with two attached hydrogens (primary N) is 1. The molecule has 284 valence electrons. The number of carbonyl (C=O) groups is 4. The number of hydrogen-bond acceptors (Lipinski definition) is 9. The number of nitrogens with zero attached hydrogens (tertiary/aromatic N) is 2.